The van der Waals surface area contributed by atoms with Crippen molar-refractivity contribution in [2.45, 2.75) is 25.7 Å². The molecule has 0 atom stereocenters. The van der Waals surface area contributed by atoms with Crippen LogP contribution in [0.3, 0.4) is 0 Å². The van der Waals surface area contributed by atoms with Crippen molar-refractivity contribution in [3.05, 3.63) is 36.4 Å². The number of ether oxygens (including phenoxy) is 2. The maximum Gasteiger partial charge on any atom is 0.338 e. The number of rotatable bonds is 9. The highest BCUT2D eigenvalue weighted by molar-refractivity contribution is 5.91. The molecule has 0 bridgehead atoms. The normalized spacial score (nSPS) is 10.0. The zero-order valence-electron chi connectivity index (χ0n) is 12.5. The van der Waals surface area contributed by atoms with E-state index in [0.717, 1.165) is 31.8 Å². The fourth-order valence-electron chi connectivity index (χ4n) is 1.83. The number of carbonyl (C=O) groups excluding carboxylic acids is 2. The lowest BCUT2D eigenvalue weighted by Gasteiger charge is -2.06. The summed E-state index contributed by atoms with van der Waals surface area (Å²) in [5.41, 5.74) is 12.5. The van der Waals surface area contributed by atoms with Gasteiger partial charge in [0.05, 0.1) is 18.8 Å². The first kappa shape index (κ1) is 17.6. The third-order valence-electron chi connectivity index (χ3n) is 2.90. The lowest BCUT2D eigenvalue weighted by Crippen LogP contribution is -2.08. The van der Waals surface area contributed by atoms with Crippen molar-refractivity contribution in [3.8, 4) is 0 Å². The highest BCUT2D eigenvalue weighted by Gasteiger charge is 2.08. The van der Waals surface area contributed by atoms with Crippen LogP contribution in [-0.2, 0) is 14.3 Å². The summed E-state index contributed by atoms with van der Waals surface area (Å²) in [5.74, 6) is -0.839. The Morgan fingerprint density at radius 1 is 0.955 bits per heavy atom. The Hall–Kier alpha value is -2.50. The van der Waals surface area contributed by atoms with Crippen LogP contribution in [-0.4, -0.2) is 25.2 Å². The second kappa shape index (κ2) is 9.44. The third-order valence-corrected chi connectivity index (χ3v) is 2.90. The van der Waals surface area contributed by atoms with Crippen LogP contribution in [0.15, 0.2) is 30.9 Å². The number of anilines is 2. The zero-order chi connectivity index (χ0) is 16.4. The summed E-state index contributed by atoms with van der Waals surface area (Å²) >= 11 is 0. The van der Waals surface area contributed by atoms with Crippen molar-refractivity contribution in [3.63, 3.8) is 0 Å². The number of carbonyl (C=O) groups is 2. The third kappa shape index (κ3) is 6.78. The molecule has 0 heterocycles. The van der Waals surface area contributed by atoms with E-state index in [0.29, 0.717) is 30.2 Å². The summed E-state index contributed by atoms with van der Waals surface area (Å²) in [7, 11) is 0. The van der Waals surface area contributed by atoms with Crippen LogP contribution in [0, 0.1) is 0 Å². The van der Waals surface area contributed by atoms with Crippen LogP contribution in [0.2, 0.25) is 0 Å². The summed E-state index contributed by atoms with van der Waals surface area (Å²) in [6.45, 7) is 4.03. The van der Waals surface area contributed by atoms with Crippen LogP contribution < -0.4 is 11.5 Å². The van der Waals surface area contributed by atoms with Gasteiger partial charge >= 0.3 is 11.9 Å². The minimum atomic E-state index is -0.432. The molecule has 6 nitrogen and oxygen atoms in total. The number of hydrogen-bond donors (Lipinski definition) is 2. The summed E-state index contributed by atoms with van der Waals surface area (Å²) < 4.78 is 10.0. The second-order valence-corrected chi connectivity index (χ2v) is 4.81. The Labute approximate surface area is 130 Å². The molecule has 120 valence electrons. The molecule has 0 saturated heterocycles. The van der Waals surface area contributed by atoms with Gasteiger partial charge < -0.3 is 20.9 Å². The van der Waals surface area contributed by atoms with E-state index in [2.05, 4.69) is 6.58 Å². The molecule has 0 aromatic heterocycles. The summed E-state index contributed by atoms with van der Waals surface area (Å²) in [5, 5.41) is 0. The van der Waals surface area contributed by atoms with Gasteiger partial charge in [-0.3, -0.25) is 0 Å². The Kier molecular flexibility index (Phi) is 7.53. The number of hydrogen-bond acceptors (Lipinski definition) is 6. The Bertz CT molecular complexity index is 509. The minimum Gasteiger partial charge on any atom is -0.463 e. The minimum absolute atomic E-state index is 0.333. The zero-order valence-corrected chi connectivity index (χ0v) is 12.5. The molecule has 0 amide bonds. The number of unbranched alkanes of at least 4 members (excludes halogenated alkanes) is 3. The average molecular weight is 306 g/mol. The van der Waals surface area contributed by atoms with Gasteiger partial charge in [0.15, 0.2) is 0 Å². The smallest absolute Gasteiger partial charge is 0.338 e. The second-order valence-electron chi connectivity index (χ2n) is 4.81. The number of esters is 2. The van der Waals surface area contributed by atoms with E-state index >= 15 is 0 Å². The first-order valence-electron chi connectivity index (χ1n) is 7.15. The number of nitrogens with two attached hydrogens (primary N) is 2. The SMILES string of the molecule is C=CC(=O)OCCCCCCOC(=O)c1cc(N)cc(N)c1. The van der Waals surface area contributed by atoms with Gasteiger partial charge in [0.2, 0.25) is 0 Å². The quantitative estimate of drug-likeness (QED) is 0.314. The molecule has 22 heavy (non-hydrogen) atoms. The monoisotopic (exact) mass is 306 g/mol. The molecule has 0 spiro atoms. The van der Waals surface area contributed by atoms with Crippen molar-refractivity contribution in [2.75, 3.05) is 24.7 Å². The van der Waals surface area contributed by atoms with Crippen molar-refractivity contribution >= 4 is 23.3 Å². The van der Waals surface area contributed by atoms with Crippen molar-refractivity contribution in [2.24, 2.45) is 0 Å². The fraction of sp³-hybridized carbons (Fsp3) is 0.375. The lowest BCUT2D eigenvalue weighted by atomic mass is 10.2. The molecule has 4 N–H and O–H groups in total. The van der Waals surface area contributed by atoms with E-state index in [1.165, 1.54) is 12.1 Å². The highest BCUT2D eigenvalue weighted by Crippen LogP contribution is 2.14. The summed E-state index contributed by atoms with van der Waals surface area (Å²) in [6, 6.07) is 4.65. The molecule has 0 aliphatic heterocycles. The largest absolute Gasteiger partial charge is 0.463 e. The molecular formula is C16H22N2O4. The van der Waals surface area contributed by atoms with Crippen LogP contribution in [0.5, 0.6) is 0 Å². The van der Waals surface area contributed by atoms with E-state index < -0.39 is 11.9 Å². The van der Waals surface area contributed by atoms with Gasteiger partial charge in [-0.2, -0.15) is 0 Å². The van der Waals surface area contributed by atoms with Crippen LogP contribution in [0.4, 0.5) is 11.4 Å². The van der Waals surface area contributed by atoms with Gasteiger partial charge in [-0.25, -0.2) is 9.59 Å². The van der Waals surface area contributed by atoms with Crippen LogP contribution in [0.1, 0.15) is 36.0 Å². The van der Waals surface area contributed by atoms with Gasteiger partial charge in [-0.15, -0.1) is 0 Å². The summed E-state index contributed by atoms with van der Waals surface area (Å²) in [4.78, 5) is 22.6. The first-order valence-corrected chi connectivity index (χ1v) is 7.15. The van der Waals surface area contributed by atoms with Gasteiger partial charge in [0.25, 0.3) is 0 Å². The van der Waals surface area contributed by atoms with Gasteiger partial charge in [-0.05, 0) is 43.9 Å². The summed E-state index contributed by atoms with van der Waals surface area (Å²) in [6.07, 6.45) is 4.45. The first-order chi connectivity index (χ1) is 10.5. The topological polar surface area (TPSA) is 105 Å². The Balaban J connectivity index is 2.13. The van der Waals surface area contributed by atoms with Crippen molar-refractivity contribution in [1.29, 1.82) is 0 Å². The molecular weight excluding hydrogens is 284 g/mol. The van der Waals surface area contributed by atoms with E-state index in [4.69, 9.17) is 20.9 Å². The van der Waals surface area contributed by atoms with E-state index in [-0.39, 0.29) is 0 Å². The number of nitrogen functional groups attached to an aromatic ring is 2. The van der Waals surface area contributed by atoms with Crippen LogP contribution in [0.25, 0.3) is 0 Å². The average Bonchev–Trinajstić information content (AvgIpc) is 2.48. The number of benzene rings is 1. The van der Waals surface area contributed by atoms with E-state index in [9.17, 15) is 9.59 Å². The molecule has 6 heteroatoms. The molecule has 0 saturated carbocycles. The Morgan fingerprint density at radius 2 is 1.50 bits per heavy atom. The van der Waals surface area contributed by atoms with Crippen molar-refractivity contribution in [1.82, 2.24) is 0 Å². The molecule has 1 aromatic rings. The maximum absolute atomic E-state index is 11.8. The maximum atomic E-state index is 11.8. The molecule has 0 radical (unpaired) electrons. The molecule has 0 aliphatic rings. The van der Waals surface area contributed by atoms with Gasteiger partial charge in [0, 0.05) is 17.5 Å². The molecule has 0 unspecified atom stereocenters. The Morgan fingerprint density at radius 3 is 2.05 bits per heavy atom. The van der Waals surface area contributed by atoms with E-state index in [1.807, 2.05) is 0 Å². The van der Waals surface area contributed by atoms with E-state index in [1.54, 1.807) is 6.07 Å². The standard InChI is InChI=1S/C16H22N2O4/c1-2-15(19)21-7-5-3-4-6-8-22-16(20)12-9-13(17)11-14(18)10-12/h2,9-11H,1,3-8,17-18H2. The molecule has 1 aromatic carbocycles. The predicted molar refractivity (Wildman–Crippen MR) is 85.2 cm³/mol. The highest BCUT2D eigenvalue weighted by atomic mass is 16.5. The van der Waals surface area contributed by atoms with Crippen molar-refractivity contribution < 1.29 is 19.1 Å². The lowest BCUT2D eigenvalue weighted by molar-refractivity contribution is -0.137. The molecule has 1 rings (SSSR count). The van der Waals surface area contributed by atoms with Gasteiger partial charge in [0.1, 0.15) is 0 Å². The van der Waals surface area contributed by atoms with Gasteiger partial charge in [-0.1, -0.05) is 6.58 Å². The fourth-order valence-corrected chi connectivity index (χ4v) is 1.83. The molecule has 0 fully saturated rings. The molecule has 0 aliphatic carbocycles. The van der Waals surface area contributed by atoms with Crippen LogP contribution >= 0.6 is 0 Å². The predicted octanol–water partition coefficient (Wildman–Crippen LogP) is 2.30.